The van der Waals surface area contributed by atoms with Crippen LogP contribution in [0.5, 0.6) is 0 Å². The maximum atomic E-state index is 12.3. The average Bonchev–Trinajstić information content (AvgIpc) is 2.97. The molecule has 6 heteroatoms. The summed E-state index contributed by atoms with van der Waals surface area (Å²) in [7, 11) is 0. The Balaban J connectivity index is 2.09. The van der Waals surface area contributed by atoms with Crippen molar-refractivity contribution >= 4 is 23.5 Å². The van der Waals surface area contributed by atoms with Gasteiger partial charge in [0.1, 0.15) is 6.04 Å². The van der Waals surface area contributed by atoms with Crippen molar-refractivity contribution in [3.63, 3.8) is 0 Å². The monoisotopic (exact) mass is 318 g/mol. The van der Waals surface area contributed by atoms with Gasteiger partial charge in [-0.15, -0.1) is 0 Å². The Morgan fingerprint density at radius 3 is 2.78 bits per heavy atom. The van der Waals surface area contributed by atoms with Gasteiger partial charge >= 0.3 is 5.97 Å². The number of carboxylic acids is 1. The number of nitrogens with one attached hydrogen (secondary N) is 1. The summed E-state index contributed by atoms with van der Waals surface area (Å²) >= 11 is 0. The van der Waals surface area contributed by atoms with Crippen molar-refractivity contribution in [2.75, 3.05) is 11.4 Å². The largest absolute Gasteiger partial charge is 0.480 e. The number of unbranched alkanes of at least 4 members (excludes halogenated alkanes) is 1. The van der Waals surface area contributed by atoms with E-state index in [4.69, 9.17) is 0 Å². The van der Waals surface area contributed by atoms with Crippen molar-refractivity contribution in [2.24, 2.45) is 0 Å². The molecule has 0 unspecified atom stereocenters. The molecule has 6 nitrogen and oxygen atoms in total. The minimum atomic E-state index is -1.03. The van der Waals surface area contributed by atoms with E-state index in [1.165, 1.54) is 0 Å². The van der Waals surface area contributed by atoms with E-state index in [1.54, 1.807) is 29.2 Å². The molecule has 2 rings (SSSR count). The predicted octanol–water partition coefficient (Wildman–Crippen LogP) is 2.19. The van der Waals surface area contributed by atoms with Crippen LogP contribution < -0.4 is 10.2 Å². The van der Waals surface area contributed by atoms with Gasteiger partial charge in [-0.05, 0) is 31.0 Å². The molecule has 2 amide bonds. The standard InChI is InChI=1S/C17H22N2O4/c1-2-3-8-14(17(22)23)18-16(21)12-6-4-7-13(11-12)19-10-5-9-15(19)20/h4,6-7,11,14H,2-3,5,8-10H2,1H3,(H,18,21)(H,22,23)/t14-/m0/s1. The maximum absolute atomic E-state index is 12.3. The lowest BCUT2D eigenvalue weighted by molar-refractivity contribution is -0.139. The highest BCUT2D eigenvalue weighted by Crippen LogP contribution is 2.22. The van der Waals surface area contributed by atoms with Gasteiger partial charge in [-0.2, -0.15) is 0 Å². The Hall–Kier alpha value is -2.37. The highest BCUT2D eigenvalue weighted by molar-refractivity contribution is 6.00. The molecule has 1 heterocycles. The highest BCUT2D eigenvalue weighted by atomic mass is 16.4. The molecule has 23 heavy (non-hydrogen) atoms. The van der Waals surface area contributed by atoms with Crippen LogP contribution in [0.2, 0.25) is 0 Å². The fourth-order valence-corrected chi connectivity index (χ4v) is 2.64. The summed E-state index contributed by atoms with van der Waals surface area (Å²) in [4.78, 5) is 37.0. The number of aliphatic carboxylic acids is 1. The number of carbonyl (C=O) groups excluding carboxylic acids is 2. The van der Waals surface area contributed by atoms with E-state index < -0.39 is 17.9 Å². The van der Waals surface area contributed by atoms with Gasteiger partial charge in [-0.25, -0.2) is 4.79 Å². The second-order valence-electron chi connectivity index (χ2n) is 5.71. The molecular formula is C17H22N2O4. The van der Waals surface area contributed by atoms with Crippen LogP contribution in [0.15, 0.2) is 24.3 Å². The smallest absolute Gasteiger partial charge is 0.326 e. The van der Waals surface area contributed by atoms with Crippen molar-refractivity contribution in [1.29, 1.82) is 0 Å². The third-order valence-corrected chi connectivity index (χ3v) is 3.94. The normalized spacial score (nSPS) is 15.5. The number of carboxylic acid groups (broad SMARTS) is 1. The summed E-state index contributed by atoms with van der Waals surface area (Å²) in [6.07, 6.45) is 3.34. The summed E-state index contributed by atoms with van der Waals surface area (Å²) in [5.41, 5.74) is 1.05. The lowest BCUT2D eigenvalue weighted by Crippen LogP contribution is -2.40. The van der Waals surface area contributed by atoms with Crippen molar-refractivity contribution < 1.29 is 19.5 Å². The van der Waals surface area contributed by atoms with E-state index in [0.717, 1.165) is 19.3 Å². The van der Waals surface area contributed by atoms with E-state index in [-0.39, 0.29) is 5.91 Å². The molecule has 1 fully saturated rings. The first-order chi connectivity index (χ1) is 11.0. The van der Waals surface area contributed by atoms with Crippen molar-refractivity contribution in [3.05, 3.63) is 29.8 Å². The number of anilines is 1. The molecule has 124 valence electrons. The first-order valence-electron chi connectivity index (χ1n) is 7.97. The Kier molecular flexibility index (Phi) is 5.73. The first-order valence-corrected chi connectivity index (χ1v) is 7.97. The molecule has 1 aliphatic heterocycles. The number of rotatable bonds is 7. The van der Waals surface area contributed by atoms with Gasteiger partial charge in [-0.3, -0.25) is 9.59 Å². The third kappa shape index (κ3) is 4.31. The quantitative estimate of drug-likeness (QED) is 0.807. The van der Waals surface area contributed by atoms with Crippen molar-refractivity contribution in [1.82, 2.24) is 5.32 Å². The van der Waals surface area contributed by atoms with Crippen LogP contribution >= 0.6 is 0 Å². The molecular weight excluding hydrogens is 296 g/mol. The number of carbonyl (C=O) groups is 3. The Morgan fingerprint density at radius 2 is 2.17 bits per heavy atom. The molecule has 2 N–H and O–H groups in total. The number of hydrogen-bond acceptors (Lipinski definition) is 3. The van der Waals surface area contributed by atoms with E-state index in [2.05, 4.69) is 5.32 Å². The Morgan fingerprint density at radius 1 is 1.39 bits per heavy atom. The Labute approximate surface area is 135 Å². The van der Waals surface area contributed by atoms with E-state index in [1.807, 2.05) is 6.92 Å². The van der Waals surface area contributed by atoms with E-state index in [0.29, 0.717) is 30.6 Å². The van der Waals surface area contributed by atoms with Crippen LogP contribution in [0.25, 0.3) is 0 Å². The van der Waals surface area contributed by atoms with Gasteiger partial charge in [0.25, 0.3) is 5.91 Å². The zero-order valence-corrected chi connectivity index (χ0v) is 13.2. The topological polar surface area (TPSA) is 86.7 Å². The van der Waals surface area contributed by atoms with Crippen molar-refractivity contribution in [3.8, 4) is 0 Å². The molecule has 1 aliphatic rings. The first kappa shape index (κ1) is 17.0. The van der Waals surface area contributed by atoms with E-state index >= 15 is 0 Å². The second-order valence-corrected chi connectivity index (χ2v) is 5.71. The molecule has 0 saturated carbocycles. The molecule has 1 saturated heterocycles. The summed E-state index contributed by atoms with van der Waals surface area (Å²) in [6.45, 7) is 2.62. The lowest BCUT2D eigenvalue weighted by Gasteiger charge is -2.17. The molecule has 1 aromatic carbocycles. The fourth-order valence-electron chi connectivity index (χ4n) is 2.64. The third-order valence-electron chi connectivity index (χ3n) is 3.94. The fraction of sp³-hybridized carbons (Fsp3) is 0.471. The molecule has 0 aliphatic carbocycles. The molecule has 0 spiro atoms. The number of hydrogen-bond donors (Lipinski definition) is 2. The molecule has 1 atom stereocenters. The number of nitrogens with zero attached hydrogens (tertiary/aromatic N) is 1. The zero-order valence-electron chi connectivity index (χ0n) is 13.2. The van der Waals surface area contributed by atoms with Crippen LogP contribution in [0.1, 0.15) is 49.4 Å². The summed E-state index contributed by atoms with van der Waals surface area (Å²) < 4.78 is 0. The summed E-state index contributed by atoms with van der Waals surface area (Å²) in [5.74, 6) is -1.41. The molecule has 1 aromatic rings. The van der Waals surface area contributed by atoms with Crippen LogP contribution in [-0.4, -0.2) is 35.5 Å². The number of benzene rings is 1. The van der Waals surface area contributed by atoms with Gasteiger partial charge in [0.2, 0.25) is 5.91 Å². The minimum Gasteiger partial charge on any atom is -0.480 e. The average molecular weight is 318 g/mol. The van der Waals surface area contributed by atoms with Gasteiger partial charge in [0.15, 0.2) is 0 Å². The summed E-state index contributed by atoms with van der Waals surface area (Å²) in [5, 5.41) is 11.7. The van der Waals surface area contributed by atoms with Gasteiger partial charge < -0.3 is 15.3 Å². The molecule has 0 radical (unpaired) electrons. The lowest BCUT2D eigenvalue weighted by atomic mass is 10.1. The maximum Gasteiger partial charge on any atom is 0.326 e. The number of amides is 2. The van der Waals surface area contributed by atoms with Crippen molar-refractivity contribution in [2.45, 2.75) is 45.1 Å². The second kappa shape index (κ2) is 7.76. The summed E-state index contributed by atoms with van der Waals surface area (Å²) in [6, 6.07) is 5.86. The van der Waals surface area contributed by atoms with Gasteiger partial charge in [0, 0.05) is 24.2 Å². The molecule has 0 bridgehead atoms. The van der Waals surface area contributed by atoms with Crippen LogP contribution in [0.3, 0.4) is 0 Å². The van der Waals surface area contributed by atoms with E-state index in [9.17, 15) is 19.5 Å². The minimum absolute atomic E-state index is 0.0499. The highest BCUT2D eigenvalue weighted by Gasteiger charge is 2.23. The zero-order chi connectivity index (χ0) is 16.8. The van der Waals surface area contributed by atoms with Crippen LogP contribution in [0, 0.1) is 0 Å². The van der Waals surface area contributed by atoms with Crippen LogP contribution in [0.4, 0.5) is 5.69 Å². The van der Waals surface area contributed by atoms with Gasteiger partial charge in [-0.1, -0.05) is 25.8 Å². The Bertz CT molecular complexity index is 600. The predicted molar refractivity (Wildman–Crippen MR) is 86.4 cm³/mol. The van der Waals surface area contributed by atoms with Gasteiger partial charge in [0.05, 0.1) is 0 Å². The van der Waals surface area contributed by atoms with Crippen LogP contribution in [-0.2, 0) is 9.59 Å². The SMILES string of the molecule is CCCC[C@H](NC(=O)c1cccc(N2CCCC2=O)c1)C(=O)O. The molecule has 0 aromatic heterocycles.